The van der Waals surface area contributed by atoms with E-state index in [2.05, 4.69) is 44.2 Å². The number of hydrogen-bond donors (Lipinski definition) is 0. The first-order chi connectivity index (χ1) is 8.72. The lowest BCUT2D eigenvalue weighted by Gasteiger charge is -2.31. The minimum atomic E-state index is 0.235. The number of hydrogen-bond acceptors (Lipinski definition) is 2. The van der Waals surface area contributed by atoms with E-state index in [0.29, 0.717) is 5.25 Å². The molecule has 0 saturated heterocycles. The Bertz CT molecular complexity index is 418. The fourth-order valence-electron chi connectivity index (χ4n) is 2.65. The van der Waals surface area contributed by atoms with Gasteiger partial charge in [-0.25, -0.2) is 0 Å². The third-order valence-electron chi connectivity index (χ3n) is 3.95. The summed E-state index contributed by atoms with van der Waals surface area (Å²) in [6.45, 7) is 4.38. The molecule has 1 aliphatic carbocycles. The third-order valence-corrected chi connectivity index (χ3v) is 5.32. The van der Waals surface area contributed by atoms with E-state index >= 15 is 0 Å². The Morgan fingerprint density at radius 2 is 2.00 bits per heavy atom. The molecule has 0 N–H and O–H groups in total. The van der Waals surface area contributed by atoms with Crippen LogP contribution < -0.4 is 0 Å². The Morgan fingerprint density at radius 1 is 1.28 bits per heavy atom. The van der Waals surface area contributed by atoms with E-state index in [1.807, 2.05) is 11.8 Å². The number of thioether (sulfide) groups is 1. The molecule has 2 heteroatoms. The average Bonchev–Trinajstić information content (AvgIpc) is 2.41. The molecule has 1 saturated carbocycles. The molecular formula is C16H21NS. The summed E-state index contributed by atoms with van der Waals surface area (Å²) in [5.74, 6) is 1.05. The lowest BCUT2D eigenvalue weighted by Crippen LogP contribution is -2.25. The van der Waals surface area contributed by atoms with Gasteiger partial charge in [-0.3, -0.25) is 0 Å². The molecule has 0 aromatic heterocycles. The van der Waals surface area contributed by atoms with Crippen LogP contribution in [0.1, 0.15) is 38.2 Å². The summed E-state index contributed by atoms with van der Waals surface area (Å²) in [4.78, 5) is 1.31. The summed E-state index contributed by atoms with van der Waals surface area (Å²) < 4.78 is 0. The summed E-state index contributed by atoms with van der Waals surface area (Å²) in [7, 11) is 0. The second kappa shape index (κ2) is 6.29. The van der Waals surface area contributed by atoms with Crippen LogP contribution in [0, 0.1) is 30.1 Å². The van der Waals surface area contributed by atoms with Gasteiger partial charge in [0.15, 0.2) is 0 Å². The summed E-state index contributed by atoms with van der Waals surface area (Å²) in [5, 5.41) is 9.76. The second-order valence-electron chi connectivity index (χ2n) is 5.29. The minimum Gasteiger partial charge on any atom is -0.198 e. The van der Waals surface area contributed by atoms with E-state index < -0.39 is 0 Å². The normalized spacial score (nSPS) is 27.7. The first-order valence-corrected chi connectivity index (χ1v) is 7.73. The second-order valence-corrected chi connectivity index (χ2v) is 6.60. The van der Waals surface area contributed by atoms with Crippen molar-refractivity contribution in [1.82, 2.24) is 0 Å². The van der Waals surface area contributed by atoms with Gasteiger partial charge >= 0.3 is 0 Å². The van der Waals surface area contributed by atoms with Crippen LogP contribution in [0.25, 0.3) is 0 Å². The minimum absolute atomic E-state index is 0.235. The Morgan fingerprint density at radius 3 is 2.61 bits per heavy atom. The van der Waals surface area contributed by atoms with E-state index in [-0.39, 0.29) is 5.92 Å². The molecule has 0 aliphatic heterocycles. The molecule has 1 aliphatic rings. The van der Waals surface area contributed by atoms with Crippen LogP contribution in [-0.2, 0) is 0 Å². The molecule has 0 amide bonds. The summed E-state index contributed by atoms with van der Waals surface area (Å²) in [5.41, 5.74) is 1.30. The van der Waals surface area contributed by atoms with Crippen molar-refractivity contribution in [2.24, 2.45) is 11.8 Å². The molecule has 2 rings (SSSR count). The van der Waals surface area contributed by atoms with Crippen molar-refractivity contribution in [3.8, 4) is 6.07 Å². The fourth-order valence-corrected chi connectivity index (χ4v) is 4.02. The molecule has 3 atom stereocenters. The molecule has 0 bridgehead atoms. The molecule has 0 radical (unpaired) electrons. The van der Waals surface area contributed by atoms with Crippen molar-refractivity contribution in [1.29, 1.82) is 5.26 Å². The van der Waals surface area contributed by atoms with Crippen LogP contribution in [-0.4, -0.2) is 5.25 Å². The smallest absolute Gasteiger partial charge is 0.0667 e. The van der Waals surface area contributed by atoms with Crippen molar-refractivity contribution in [2.45, 2.75) is 49.7 Å². The van der Waals surface area contributed by atoms with E-state index in [0.717, 1.165) is 12.3 Å². The molecule has 1 aromatic rings. The van der Waals surface area contributed by atoms with E-state index in [1.54, 1.807) is 0 Å². The SMILES string of the molecule is CCC1CCC(C#N)C(Sc2ccc(C)cc2)C1. The summed E-state index contributed by atoms with van der Waals surface area (Å²) >= 11 is 1.90. The largest absolute Gasteiger partial charge is 0.198 e. The Kier molecular flexibility index (Phi) is 4.72. The zero-order valence-corrected chi connectivity index (χ0v) is 12.0. The zero-order chi connectivity index (χ0) is 13.0. The quantitative estimate of drug-likeness (QED) is 0.778. The van der Waals surface area contributed by atoms with Gasteiger partial charge in [0.05, 0.1) is 12.0 Å². The van der Waals surface area contributed by atoms with Gasteiger partial charge in [-0.1, -0.05) is 31.0 Å². The summed E-state index contributed by atoms with van der Waals surface area (Å²) in [6, 6.07) is 11.2. The van der Waals surface area contributed by atoms with Crippen LogP contribution in [0.4, 0.5) is 0 Å². The Labute approximate surface area is 115 Å². The van der Waals surface area contributed by atoms with Gasteiger partial charge in [-0.15, -0.1) is 11.8 Å². The first kappa shape index (κ1) is 13.5. The topological polar surface area (TPSA) is 23.8 Å². The maximum absolute atomic E-state index is 9.28. The number of nitriles is 1. The molecule has 3 unspecified atom stereocenters. The lowest BCUT2D eigenvalue weighted by atomic mass is 9.81. The Balaban J connectivity index is 2.05. The van der Waals surface area contributed by atoms with Gasteiger partial charge in [-0.2, -0.15) is 5.26 Å². The Hall–Kier alpha value is -0.940. The van der Waals surface area contributed by atoms with E-state index in [4.69, 9.17) is 0 Å². The summed E-state index contributed by atoms with van der Waals surface area (Å²) in [6.07, 6.45) is 4.77. The van der Waals surface area contributed by atoms with Gasteiger partial charge in [0.1, 0.15) is 0 Å². The molecule has 1 aromatic carbocycles. The van der Waals surface area contributed by atoms with Crippen LogP contribution in [0.3, 0.4) is 0 Å². The zero-order valence-electron chi connectivity index (χ0n) is 11.2. The van der Waals surface area contributed by atoms with Crippen molar-refractivity contribution in [3.63, 3.8) is 0 Å². The van der Waals surface area contributed by atoms with Crippen molar-refractivity contribution in [3.05, 3.63) is 29.8 Å². The van der Waals surface area contributed by atoms with Crippen LogP contribution in [0.15, 0.2) is 29.2 Å². The van der Waals surface area contributed by atoms with Crippen LogP contribution in [0.2, 0.25) is 0 Å². The van der Waals surface area contributed by atoms with Gasteiger partial charge < -0.3 is 0 Å². The first-order valence-electron chi connectivity index (χ1n) is 6.86. The molecule has 1 nitrogen and oxygen atoms in total. The highest BCUT2D eigenvalue weighted by molar-refractivity contribution is 8.00. The van der Waals surface area contributed by atoms with Crippen molar-refractivity contribution >= 4 is 11.8 Å². The van der Waals surface area contributed by atoms with Gasteiger partial charge in [-0.05, 0) is 44.2 Å². The monoisotopic (exact) mass is 259 g/mol. The predicted octanol–water partition coefficient (Wildman–Crippen LogP) is 4.81. The molecular weight excluding hydrogens is 238 g/mol. The number of aryl methyl sites for hydroxylation is 1. The highest BCUT2D eigenvalue weighted by Crippen LogP contribution is 2.40. The van der Waals surface area contributed by atoms with Gasteiger partial charge in [0.25, 0.3) is 0 Å². The maximum atomic E-state index is 9.28. The number of benzene rings is 1. The standard InChI is InChI=1S/C16H21NS/c1-3-13-6-7-14(11-17)16(10-13)18-15-8-4-12(2)5-9-15/h4-5,8-9,13-14,16H,3,6-7,10H2,1-2H3. The molecule has 1 fully saturated rings. The molecule has 0 heterocycles. The number of nitrogens with zero attached hydrogens (tertiary/aromatic N) is 1. The van der Waals surface area contributed by atoms with Gasteiger partial charge in [0, 0.05) is 10.1 Å². The van der Waals surface area contributed by atoms with Gasteiger partial charge in [0.2, 0.25) is 0 Å². The maximum Gasteiger partial charge on any atom is 0.0667 e. The average molecular weight is 259 g/mol. The highest BCUT2D eigenvalue weighted by Gasteiger charge is 2.30. The highest BCUT2D eigenvalue weighted by atomic mass is 32.2. The van der Waals surface area contributed by atoms with Crippen molar-refractivity contribution < 1.29 is 0 Å². The van der Waals surface area contributed by atoms with Crippen molar-refractivity contribution in [2.75, 3.05) is 0 Å². The van der Waals surface area contributed by atoms with E-state index in [1.165, 1.54) is 29.7 Å². The predicted molar refractivity (Wildman–Crippen MR) is 77.6 cm³/mol. The molecule has 96 valence electrons. The number of rotatable bonds is 3. The van der Waals surface area contributed by atoms with Crippen LogP contribution in [0.5, 0.6) is 0 Å². The lowest BCUT2D eigenvalue weighted by molar-refractivity contribution is 0.317. The van der Waals surface area contributed by atoms with E-state index in [9.17, 15) is 5.26 Å². The third kappa shape index (κ3) is 3.29. The molecule has 18 heavy (non-hydrogen) atoms. The molecule has 0 spiro atoms. The fraction of sp³-hybridized carbons (Fsp3) is 0.562. The van der Waals surface area contributed by atoms with Crippen LogP contribution >= 0.6 is 11.8 Å².